The van der Waals surface area contributed by atoms with Crippen molar-refractivity contribution >= 4 is 21.6 Å². The molecule has 3 aromatic rings. The van der Waals surface area contributed by atoms with Crippen molar-refractivity contribution < 1.29 is 17.9 Å². The minimum Gasteiger partial charge on any atom is -0.497 e. The smallest absolute Gasteiger partial charge is 0.255 e. The Morgan fingerprint density at radius 1 is 0.969 bits per heavy atom. The van der Waals surface area contributed by atoms with Crippen LogP contribution in [0.2, 0.25) is 0 Å². The summed E-state index contributed by atoms with van der Waals surface area (Å²) in [6.45, 7) is 1.93. The lowest BCUT2D eigenvalue weighted by Crippen LogP contribution is -2.50. The molecule has 0 atom stereocenters. The molecule has 4 rings (SSSR count). The second-order valence-electron chi connectivity index (χ2n) is 8.28. The number of amides is 1. The Hall–Kier alpha value is -3.16. The molecular weight excluding hydrogens is 424 g/mol. The molecular formula is C25H26N2O4S. The Kier molecular flexibility index (Phi) is 6.04. The number of nitrogens with one attached hydrogen (secondary N) is 2. The van der Waals surface area contributed by atoms with E-state index < -0.39 is 15.6 Å². The van der Waals surface area contributed by atoms with Gasteiger partial charge in [-0.05, 0) is 74.2 Å². The first-order valence-corrected chi connectivity index (χ1v) is 12.0. The predicted octanol–water partition coefficient (Wildman–Crippen LogP) is 4.84. The van der Waals surface area contributed by atoms with Gasteiger partial charge in [-0.1, -0.05) is 30.3 Å². The largest absolute Gasteiger partial charge is 0.497 e. The van der Waals surface area contributed by atoms with E-state index in [4.69, 9.17) is 4.74 Å². The molecule has 3 aromatic carbocycles. The third-order valence-corrected chi connectivity index (χ3v) is 7.49. The van der Waals surface area contributed by atoms with Gasteiger partial charge in [0.15, 0.2) is 0 Å². The number of anilines is 1. The van der Waals surface area contributed by atoms with Gasteiger partial charge in [-0.25, -0.2) is 13.1 Å². The molecule has 2 N–H and O–H groups in total. The molecule has 1 saturated carbocycles. The van der Waals surface area contributed by atoms with Gasteiger partial charge in [0.2, 0.25) is 10.0 Å². The molecule has 1 fully saturated rings. The Morgan fingerprint density at radius 2 is 1.69 bits per heavy atom. The quantitative estimate of drug-likeness (QED) is 0.540. The zero-order valence-corrected chi connectivity index (χ0v) is 18.9. The molecule has 7 heteroatoms. The first-order chi connectivity index (χ1) is 15.3. The van der Waals surface area contributed by atoms with Crippen LogP contribution in [-0.2, 0) is 10.0 Å². The highest BCUT2D eigenvalue weighted by atomic mass is 32.2. The summed E-state index contributed by atoms with van der Waals surface area (Å²) in [5.41, 5.74) is 1.90. The maximum absolute atomic E-state index is 13.1. The minimum absolute atomic E-state index is 0.209. The summed E-state index contributed by atoms with van der Waals surface area (Å²) in [6.07, 6.45) is 2.68. The molecule has 0 heterocycles. The van der Waals surface area contributed by atoms with Crippen LogP contribution < -0.4 is 14.8 Å². The van der Waals surface area contributed by atoms with Crippen LogP contribution in [0.25, 0.3) is 11.1 Å². The van der Waals surface area contributed by atoms with Crippen molar-refractivity contribution in [3.8, 4) is 16.9 Å². The highest BCUT2D eigenvalue weighted by Gasteiger charge is 2.36. The monoisotopic (exact) mass is 450 g/mol. The normalized spacial score (nSPS) is 14.9. The number of carbonyl (C=O) groups is 1. The average Bonchev–Trinajstić information content (AvgIpc) is 2.78. The van der Waals surface area contributed by atoms with Gasteiger partial charge in [-0.2, -0.15) is 0 Å². The Balaban J connectivity index is 1.61. The number of sulfonamides is 1. The molecule has 6 nitrogen and oxygen atoms in total. The van der Waals surface area contributed by atoms with E-state index >= 15 is 0 Å². The molecule has 1 aliphatic carbocycles. The summed E-state index contributed by atoms with van der Waals surface area (Å²) in [4.78, 5) is 13.0. The van der Waals surface area contributed by atoms with Crippen LogP contribution in [0.4, 0.5) is 5.69 Å². The fourth-order valence-corrected chi connectivity index (χ4v) is 5.53. The summed E-state index contributed by atoms with van der Waals surface area (Å²) in [7, 11) is -2.13. The standard InChI is InChI=1S/C25H26N2O4S/c1-25(15-6-16-25)27-32(29,30)23-10-4-3-9-22(23)18-7-5-8-19(17-18)24(28)26-20-11-13-21(31-2)14-12-20/h3-5,7-14,17,27H,6,15-16H2,1-2H3,(H,26,28). The zero-order valence-electron chi connectivity index (χ0n) is 18.1. The van der Waals surface area contributed by atoms with E-state index in [1.165, 1.54) is 0 Å². The van der Waals surface area contributed by atoms with Crippen molar-refractivity contribution in [1.29, 1.82) is 0 Å². The molecule has 0 aromatic heterocycles. The number of hydrogen-bond acceptors (Lipinski definition) is 4. The van der Waals surface area contributed by atoms with Crippen LogP contribution in [0.1, 0.15) is 36.5 Å². The van der Waals surface area contributed by atoms with Crippen LogP contribution >= 0.6 is 0 Å². The first-order valence-electron chi connectivity index (χ1n) is 10.5. The highest BCUT2D eigenvalue weighted by molar-refractivity contribution is 7.89. The molecule has 0 radical (unpaired) electrons. The van der Waals surface area contributed by atoms with E-state index in [0.717, 1.165) is 19.3 Å². The predicted molar refractivity (Wildman–Crippen MR) is 125 cm³/mol. The first kappa shape index (κ1) is 22.0. The van der Waals surface area contributed by atoms with E-state index in [-0.39, 0.29) is 10.8 Å². The fourth-order valence-electron chi connectivity index (χ4n) is 3.83. The van der Waals surface area contributed by atoms with Gasteiger partial charge in [0, 0.05) is 22.4 Å². The SMILES string of the molecule is COc1ccc(NC(=O)c2cccc(-c3ccccc3S(=O)(=O)NC3(C)CCC3)c2)cc1. The van der Waals surface area contributed by atoms with Crippen molar-refractivity contribution in [2.24, 2.45) is 0 Å². The third kappa shape index (κ3) is 4.69. The van der Waals surface area contributed by atoms with E-state index in [9.17, 15) is 13.2 Å². The van der Waals surface area contributed by atoms with Crippen LogP contribution in [0.5, 0.6) is 5.75 Å². The lowest BCUT2D eigenvalue weighted by Gasteiger charge is -2.38. The number of carbonyl (C=O) groups excluding carboxylic acids is 1. The van der Waals surface area contributed by atoms with Gasteiger partial charge in [0.1, 0.15) is 5.75 Å². The summed E-state index contributed by atoms with van der Waals surface area (Å²) in [5, 5.41) is 2.85. The molecule has 0 saturated heterocycles. The van der Waals surface area contributed by atoms with Crippen molar-refractivity contribution in [3.63, 3.8) is 0 Å². The van der Waals surface area contributed by atoms with Crippen LogP contribution in [0, 0.1) is 0 Å². The van der Waals surface area contributed by atoms with Crippen molar-refractivity contribution in [2.75, 3.05) is 12.4 Å². The van der Waals surface area contributed by atoms with E-state index in [2.05, 4.69) is 10.0 Å². The molecule has 1 amide bonds. The van der Waals surface area contributed by atoms with E-state index in [1.54, 1.807) is 73.8 Å². The molecule has 0 spiro atoms. The topological polar surface area (TPSA) is 84.5 Å². The molecule has 32 heavy (non-hydrogen) atoms. The second-order valence-corrected chi connectivity index (χ2v) is 9.93. The molecule has 0 aliphatic heterocycles. The highest BCUT2D eigenvalue weighted by Crippen LogP contribution is 2.34. The van der Waals surface area contributed by atoms with Crippen LogP contribution in [0.3, 0.4) is 0 Å². The maximum atomic E-state index is 13.1. The van der Waals surface area contributed by atoms with Gasteiger partial charge < -0.3 is 10.1 Å². The summed E-state index contributed by atoms with van der Waals surface area (Å²) in [6, 6.07) is 20.9. The van der Waals surface area contributed by atoms with Crippen LogP contribution in [0.15, 0.2) is 77.7 Å². The van der Waals surface area contributed by atoms with Crippen LogP contribution in [-0.4, -0.2) is 27.0 Å². The van der Waals surface area contributed by atoms with Gasteiger partial charge in [0.25, 0.3) is 5.91 Å². The minimum atomic E-state index is -3.71. The maximum Gasteiger partial charge on any atom is 0.255 e. The second kappa shape index (κ2) is 8.76. The fraction of sp³-hybridized carbons (Fsp3) is 0.240. The number of benzene rings is 3. The molecule has 0 unspecified atom stereocenters. The number of methoxy groups -OCH3 is 1. The average molecular weight is 451 g/mol. The van der Waals surface area contributed by atoms with E-state index in [1.807, 2.05) is 13.0 Å². The summed E-state index contributed by atoms with van der Waals surface area (Å²) in [5.74, 6) is 0.421. The number of rotatable bonds is 7. The van der Waals surface area contributed by atoms with Crippen molar-refractivity contribution in [2.45, 2.75) is 36.6 Å². The van der Waals surface area contributed by atoms with Crippen molar-refractivity contribution in [1.82, 2.24) is 4.72 Å². The number of hydrogen-bond donors (Lipinski definition) is 2. The Morgan fingerprint density at radius 3 is 2.34 bits per heavy atom. The molecule has 166 valence electrons. The molecule has 1 aliphatic rings. The lowest BCUT2D eigenvalue weighted by molar-refractivity contribution is 0.102. The summed E-state index contributed by atoms with van der Waals surface area (Å²) >= 11 is 0. The van der Waals surface area contributed by atoms with Crippen molar-refractivity contribution in [3.05, 3.63) is 78.4 Å². The lowest BCUT2D eigenvalue weighted by atomic mass is 9.80. The Bertz CT molecular complexity index is 1230. The third-order valence-electron chi connectivity index (χ3n) is 5.80. The van der Waals surface area contributed by atoms with Gasteiger partial charge >= 0.3 is 0 Å². The molecule has 0 bridgehead atoms. The summed E-state index contributed by atoms with van der Waals surface area (Å²) < 4.78 is 34.3. The van der Waals surface area contributed by atoms with Gasteiger partial charge in [0.05, 0.1) is 12.0 Å². The number of ether oxygens (including phenoxy) is 1. The Labute approximate surface area is 188 Å². The zero-order chi connectivity index (χ0) is 22.8. The van der Waals surface area contributed by atoms with Gasteiger partial charge in [-0.15, -0.1) is 0 Å². The van der Waals surface area contributed by atoms with Gasteiger partial charge in [-0.3, -0.25) is 4.79 Å². The van der Waals surface area contributed by atoms with E-state index in [0.29, 0.717) is 28.1 Å².